The maximum Gasteiger partial charge on any atom is 0.417 e. The Morgan fingerprint density at radius 2 is 1.75 bits per heavy atom. The molecule has 0 N–H and O–H groups in total. The zero-order valence-corrected chi connectivity index (χ0v) is 11.3. The molecule has 110 valence electrons. The SMILES string of the molecule is C[C@@H]1CN(C(=O)c2ccccc2C(F)(F)F)C[C@H](C)O1. The number of alkyl halides is 3. The van der Waals surface area contributed by atoms with Crippen molar-refractivity contribution < 1.29 is 22.7 Å². The molecule has 0 spiro atoms. The van der Waals surface area contributed by atoms with Crippen molar-refractivity contribution in [3.05, 3.63) is 35.4 Å². The van der Waals surface area contributed by atoms with Crippen molar-refractivity contribution in [3.8, 4) is 0 Å². The molecule has 0 aliphatic carbocycles. The van der Waals surface area contributed by atoms with Crippen LogP contribution in [0.5, 0.6) is 0 Å². The quantitative estimate of drug-likeness (QED) is 0.794. The minimum absolute atomic E-state index is 0.180. The van der Waals surface area contributed by atoms with E-state index >= 15 is 0 Å². The second kappa shape index (κ2) is 5.44. The van der Waals surface area contributed by atoms with Crippen molar-refractivity contribution >= 4 is 5.91 Å². The van der Waals surface area contributed by atoms with Crippen LogP contribution in [0, 0.1) is 0 Å². The van der Waals surface area contributed by atoms with E-state index in [1.807, 2.05) is 0 Å². The Morgan fingerprint density at radius 1 is 1.20 bits per heavy atom. The van der Waals surface area contributed by atoms with Gasteiger partial charge in [0.15, 0.2) is 0 Å². The second-order valence-corrected chi connectivity index (χ2v) is 5.01. The lowest BCUT2D eigenvalue weighted by molar-refractivity contribution is -0.138. The van der Waals surface area contributed by atoms with E-state index in [1.54, 1.807) is 13.8 Å². The number of ether oxygens (including phenoxy) is 1. The molecule has 3 nitrogen and oxygen atoms in total. The summed E-state index contributed by atoms with van der Waals surface area (Å²) in [5.74, 6) is -0.597. The molecule has 6 heteroatoms. The third-order valence-electron chi connectivity index (χ3n) is 3.17. The number of amides is 1. The highest BCUT2D eigenvalue weighted by Crippen LogP contribution is 2.32. The van der Waals surface area contributed by atoms with Gasteiger partial charge in [-0.2, -0.15) is 13.2 Å². The molecule has 20 heavy (non-hydrogen) atoms. The van der Waals surface area contributed by atoms with Gasteiger partial charge in [0.25, 0.3) is 5.91 Å². The van der Waals surface area contributed by atoms with E-state index in [0.29, 0.717) is 13.1 Å². The maximum absolute atomic E-state index is 12.9. The van der Waals surface area contributed by atoms with Gasteiger partial charge >= 0.3 is 6.18 Å². The summed E-state index contributed by atoms with van der Waals surface area (Å²) in [4.78, 5) is 13.7. The van der Waals surface area contributed by atoms with Crippen LogP contribution in [0.3, 0.4) is 0 Å². The number of carbonyl (C=O) groups excluding carboxylic acids is 1. The van der Waals surface area contributed by atoms with Gasteiger partial charge in [-0.3, -0.25) is 4.79 Å². The molecule has 1 aliphatic heterocycles. The lowest BCUT2D eigenvalue weighted by Gasteiger charge is -2.35. The number of hydrogen-bond acceptors (Lipinski definition) is 2. The zero-order chi connectivity index (χ0) is 14.9. The fourth-order valence-corrected chi connectivity index (χ4v) is 2.43. The predicted octanol–water partition coefficient (Wildman–Crippen LogP) is 2.95. The number of carbonyl (C=O) groups is 1. The van der Waals surface area contributed by atoms with Crippen LogP contribution < -0.4 is 0 Å². The van der Waals surface area contributed by atoms with Crippen LogP contribution >= 0.6 is 0 Å². The first-order valence-corrected chi connectivity index (χ1v) is 6.40. The Labute approximate surface area is 115 Å². The van der Waals surface area contributed by atoms with Gasteiger partial charge in [0, 0.05) is 13.1 Å². The average Bonchev–Trinajstić information content (AvgIpc) is 2.35. The highest BCUT2D eigenvalue weighted by molar-refractivity contribution is 5.96. The summed E-state index contributed by atoms with van der Waals surface area (Å²) in [5, 5.41) is 0. The number of halogens is 3. The van der Waals surface area contributed by atoms with Gasteiger partial charge in [-0.05, 0) is 26.0 Å². The lowest BCUT2D eigenvalue weighted by Crippen LogP contribution is -2.48. The number of hydrogen-bond donors (Lipinski definition) is 0. The smallest absolute Gasteiger partial charge is 0.372 e. The fraction of sp³-hybridized carbons (Fsp3) is 0.500. The molecule has 1 heterocycles. The maximum atomic E-state index is 12.9. The molecule has 1 aromatic rings. The van der Waals surface area contributed by atoms with Crippen LogP contribution in [0.2, 0.25) is 0 Å². The highest BCUT2D eigenvalue weighted by Gasteiger charge is 2.37. The van der Waals surface area contributed by atoms with Crippen LogP contribution in [0.25, 0.3) is 0 Å². The topological polar surface area (TPSA) is 29.5 Å². The largest absolute Gasteiger partial charge is 0.417 e. The van der Waals surface area contributed by atoms with Crippen LogP contribution in [-0.4, -0.2) is 36.1 Å². The van der Waals surface area contributed by atoms with Gasteiger partial charge in [0.1, 0.15) is 0 Å². The van der Waals surface area contributed by atoms with E-state index in [-0.39, 0.29) is 17.8 Å². The highest BCUT2D eigenvalue weighted by atomic mass is 19.4. The number of morpholine rings is 1. The second-order valence-electron chi connectivity index (χ2n) is 5.01. The molecule has 2 rings (SSSR count). The minimum Gasteiger partial charge on any atom is -0.372 e. The van der Waals surface area contributed by atoms with E-state index < -0.39 is 17.6 Å². The summed E-state index contributed by atoms with van der Waals surface area (Å²) in [6.07, 6.45) is -4.89. The van der Waals surface area contributed by atoms with Crippen molar-refractivity contribution in [2.75, 3.05) is 13.1 Å². The van der Waals surface area contributed by atoms with Crippen LogP contribution in [0.4, 0.5) is 13.2 Å². The van der Waals surface area contributed by atoms with Crippen molar-refractivity contribution in [2.45, 2.75) is 32.2 Å². The Hall–Kier alpha value is -1.56. The Kier molecular flexibility index (Phi) is 4.04. The summed E-state index contributed by atoms with van der Waals surface area (Å²) in [7, 11) is 0. The zero-order valence-electron chi connectivity index (χ0n) is 11.3. The van der Waals surface area contributed by atoms with Gasteiger partial charge in [-0.1, -0.05) is 12.1 Å². The summed E-state index contributed by atoms with van der Waals surface area (Å²) in [5.41, 5.74) is -1.20. The molecule has 1 fully saturated rings. The first-order valence-electron chi connectivity index (χ1n) is 6.40. The van der Waals surface area contributed by atoms with E-state index in [4.69, 9.17) is 4.74 Å². The van der Waals surface area contributed by atoms with E-state index in [0.717, 1.165) is 6.07 Å². The summed E-state index contributed by atoms with van der Waals surface area (Å²) in [6, 6.07) is 4.87. The summed E-state index contributed by atoms with van der Waals surface area (Å²) in [6.45, 7) is 4.20. The van der Waals surface area contributed by atoms with Gasteiger partial charge in [-0.15, -0.1) is 0 Å². The molecule has 1 amide bonds. The van der Waals surface area contributed by atoms with Crippen LogP contribution in [-0.2, 0) is 10.9 Å². The number of nitrogens with zero attached hydrogens (tertiary/aromatic N) is 1. The molecule has 0 unspecified atom stereocenters. The van der Waals surface area contributed by atoms with Gasteiger partial charge in [-0.25, -0.2) is 0 Å². The summed E-state index contributed by atoms with van der Waals surface area (Å²) < 4.78 is 44.3. The lowest BCUT2D eigenvalue weighted by atomic mass is 10.0. The molecule has 0 bridgehead atoms. The Bertz CT molecular complexity index is 491. The molecule has 0 radical (unpaired) electrons. The summed E-state index contributed by atoms with van der Waals surface area (Å²) >= 11 is 0. The van der Waals surface area contributed by atoms with Crippen LogP contribution in [0.15, 0.2) is 24.3 Å². The third kappa shape index (κ3) is 3.12. The Morgan fingerprint density at radius 3 is 2.30 bits per heavy atom. The number of benzene rings is 1. The monoisotopic (exact) mass is 287 g/mol. The number of rotatable bonds is 1. The standard InChI is InChI=1S/C14H16F3NO2/c1-9-7-18(8-10(2)20-9)13(19)11-5-3-4-6-12(11)14(15,16)17/h3-6,9-10H,7-8H2,1-2H3/t9-,10+. The van der Waals surface area contributed by atoms with Gasteiger partial charge < -0.3 is 9.64 Å². The van der Waals surface area contributed by atoms with E-state index in [2.05, 4.69) is 0 Å². The van der Waals surface area contributed by atoms with Gasteiger partial charge in [0.05, 0.1) is 23.3 Å². The molecule has 0 aromatic heterocycles. The normalized spacial score (nSPS) is 23.8. The molecule has 0 saturated carbocycles. The molecule has 1 saturated heterocycles. The van der Waals surface area contributed by atoms with Crippen molar-refractivity contribution in [2.24, 2.45) is 0 Å². The fourth-order valence-electron chi connectivity index (χ4n) is 2.43. The van der Waals surface area contributed by atoms with Crippen LogP contribution in [0.1, 0.15) is 29.8 Å². The van der Waals surface area contributed by atoms with Crippen molar-refractivity contribution in [1.82, 2.24) is 4.90 Å². The first-order chi connectivity index (χ1) is 9.29. The Balaban J connectivity index is 2.30. The van der Waals surface area contributed by atoms with Crippen molar-refractivity contribution in [3.63, 3.8) is 0 Å². The average molecular weight is 287 g/mol. The molecule has 1 aromatic carbocycles. The first kappa shape index (κ1) is 14.8. The van der Waals surface area contributed by atoms with E-state index in [9.17, 15) is 18.0 Å². The van der Waals surface area contributed by atoms with Gasteiger partial charge in [0.2, 0.25) is 0 Å². The molecule has 1 aliphatic rings. The van der Waals surface area contributed by atoms with Crippen molar-refractivity contribution in [1.29, 1.82) is 0 Å². The molecular formula is C14H16F3NO2. The molecule has 2 atom stereocenters. The minimum atomic E-state index is -4.53. The van der Waals surface area contributed by atoms with E-state index in [1.165, 1.54) is 23.1 Å². The molecular weight excluding hydrogens is 271 g/mol. The third-order valence-corrected chi connectivity index (χ3v) is 3.17. The predicted molar refractivity (Wildman–Crippen MR) is 67.4 cm³/mol.